The highest BCUT2D eigenvalue weighted by Crippen LogP contribution is 2.33. The first kappa shape index (κ1) is 18.4. The SMILES string of the molecule is CC1Oc2ccccc2N(CCC(=O)OCc2cccc([N+](=O)[O-])c2)C1=O. The average Bonchev–Trinajstić information content (AvgIpc) is 2.67. The normalized spacial score (nSPS) is 15.7. The Morgan fingerprint density at radius 1 is 1.26 bits per heavy atom. The number of nitro benzene ring substituents is 1. The second-order valence-electron chi connectivity index (χ2n) is 6.06. The number of amides is 1. The molecule has 0 radical (unpaired) electrons. The van der Waals surface area contributed by atoms with Crippen LogP contribution in [-0.4, -0.2) is 29.4 Å². The topological polar surface area (TPSA) is 99.0 Å². The monoisotopic (exact) mass is 370 g/mol. The lowest BCUT2D eigenvalue weighted by Gasteiger charge is -2.32. The molecule has 0 saturated heterocycles. The third kappa shape index (κ3) is 4.22. The van der Waals surface area contributed by atoms with Crippen molar-refractivity contribution in [2.45, 2.75) is 26.1 Å². The van der Waals surface area contributed by atoms with Crippen molar-refractivity contribution in [1.29, 1.82) is 0 Å². The van der Waals surface area contributed by atoms with Gasteiger partial charge in [-0.1, -0.05) is 24.3 Å². The number of benzene rings is 2. The molecule has 0 saturated carbocycles. The van der Waals surface area contributed by atoms with Crippen LogP contribution >= 0.6 is 0 Å². The Balaban J connectivity index is 1.58. The van der Waals surface area contributed by atoms with Crippen LogP contribution in [0, 0.1) is 10.1 Å². The Morgan fingerprint density at radius 3 is 2.81 bits per heavy atom. The first-order valence-electron chi connectivity index (χ1n) is 8.41. The van der Waals surface area contributed by atoms with Crippen LogP contribution in [0.2, 0.25) is 0 Å². The van der Waals surface area contributed by atoms with E-state index in [-0.39, 0.29) is 31.2 Å². The number of rotatable bonds is 6. The zero-order chi connectivity index (χ0) is 19.4. The highest BCUT2D eigenvalue weighted by Gasteiger charge is 2.31. The molecule has 1 aliphatic rings. The summed E-state index contributed by atoms with van der Waals surface area (Å²) in [7, 11) is 0. The Labute approximate surface area is 155 Å². The summed E-state index contributed by atoms with van der Waals surface area (Å²) in [6.45, 7) is 1.76. The van der Waals surface area contributed by atoms with E-state index in [1.165, 1.54) is 23.1 Å². The molecule has 0 spiro atoms. The van der Waals surface area contributed by atoms with Gasteiger partial charge in [0.1, 0.15) is 12.4 Å². The zero-order valence-corrected chi connectivity index (χ0v) is 14.7. The number of carbonyl (C=O) groups excluding carboxylic acids is 2. The number of nitrogens with zero attached hydrogens (tertiary/aromatic N) is 2. The van der Waals surface area contributed by atoms with E-state index in [1.54, 1.807) is 31.2 Å². The number of fused-ring (bicyclic) bond motifs is 1. The van der Waals surface area contributed by atoms with Gasteiger partial charge in [-0.3, -0.25) is 19.7 Å². The van der Waals surface area contributed by atoms with Crippen LogP contribution in [0.5, 0.6) is 5.75 Å². The minimum absolute atomic E-state index is 0.00171. The molecule has 8 heteroatoms. The largest absolute Gasteiger partial charge is 0.479 e. The van der Waals surface area contributed by atoms with Crippen LogP contribution in [0.25, 0.3) is 0 Å². The Hall–Kier alpha value is -3.42. The molecule has 140 valence electrons. The van der Waals surface area contributed by atoms with Gasteiger partial charge in [-0.25, -0.2) is 0 Å². The minimum atomic E-state index is -0.624. The smallest absolute Gasteiger partial charge is 0.307 e. The molecular formula is C19H18N2O6. The van der Waals surface area contributed by atoms with Gasteiger partial charge in [0.2, 0.25) is 0 Å². The third-order valence-corrected chi connectivity index (χ3v) is 4.13. The van der Waals surface area contributed by atoms with Gasteiger partial charge >= 0.3 is 5.97 Å². The second kappa shape index (κ2) is 7.86. The van der Waals surface area contributed by atoms with E-state index in [0.717, 1.165) is 0 Å². The van der Waals surface area contributed by atoms with Crippen LogP contribution in [0.3, 0.4) is 0 Å². The Kier molecular flexibility index (Phi) is 5.35. The standard InChI is InChI=1S/C19H18N2O6/c1-13-19(23)20(16-7-2-3-8-17(16)27-13)10-9-18(22)26-12-14-5-4-6-15(11-14)21(24)25/h2-8,11,13H,9-10,12H2,1H3. The molecule has 1 heterocycles. The maximum absolute atomic E-state index is 12.4. The molecule has 0 aliphatic carbocycles. The molecule has 2 aromatic rings. The molecule has 0 aromatic heterocycles. The highest BCUT2D eigenvalue weighted by molar-refractivity contribution is 6.00. The predicted octanol–water partition coefficient (Wildman–Crippen LogP) is 2.84. The van der Waals surface area contributed by atoms with Crippen LogP contribution < -0.4 is 9.64 Å². The number of non-ortho nitro benzene ring substituents is 1. The van der Waals surface area contributed by atoms with E-state index >= 15 is 0 Å². The van der Waals surface area contributed by atoms with Gasteiger partial charge in [0.05, 0.1) is 17.0 Å². The summed E-state index contributed by atoms with van der Waals surface area (Å²) in [6, 6.07) is 13.0. The van der Waals surface area contributed by atoms with Crippen molar-refractivity contribution in [2.75, 3.05) is 11.4 Å². The Morgan fingerprint density at radius 2 is 2.04 bits per heavy atom. The van der Waals surface area contributed by atoms with Crippen molar-refractivity contribution in [2.24, 2.45) is 0 Å². The lowest BCUT2D eigenvalue weighted by Crippen LogP contribution is -2.45. The molecule has 8 nitrogen and oxygen atoms in total. The van der Waals surface area contributed by atoms with Crippen LogP contribution in [0.4, 0.5) is 11.4 Å². The van der Waals surface area contributed by atoms with Crippen LogP contribution in [0.15, 0.2) is 48.5 Å². The molecule has 27 heavy (non-hydrogen) atoms. The van der Waals surface area contributed by atoms with Gasteiger partial charge in [0.15, 0.2) is 6.10 Å². The van der Waals surface area contributed by atoms with Gasteiger partial charge in [-0.2, -0.15) is 0 Å². The number of esters is 1. The van der Waals surface area contributed by atoms with E-state index in [2.05, 4.69) is 0 Å². The fraction of sp³-hybridized carbons (Fsp3) is 0.263. The fourth-order valence-electron chi connectivity index (χ4n) is 2.79. The maximum atomic E-state index is 12.4. The summed E-state index contributed by atoms with van der Waals surface area (Å²) in [4.78, 5) is 36.2. The lowest BCUT2D eigenvalue weighted by atomic mass is 10.2. The summed E-state index contributed by atoms with van der Waals surface area (Å²) in [5, 5.41) is 10.8. The first-order valence-corrected chi connectivity index (χ1v) is 8.41. The average molecular weight is 370 g/mol. The number of para-hydroxylation sites is 2. The van der Waals surface area contributed by atoms with Crippen molar-refractivity contribution >= 4 is 23.3 Å². The zero-order valence-electron chi connectivity index (χ0n) is 14.7. The predicted molar refractivity (Wildman–Crippen MR) is 96.4 cm³/mol. The summed E-state index contributed by atoms with van der Waals surface area (Å²) in [5.74, 6) is -0.124. The second-order valence-corrected chi connectivity index (χ2v) is 6.06. The number of ether oxygens (including phenoxy) is 2. The fourth-order valence-corrected chi connectivity index (χ4v) is 2.79. The molecule has 1 amide bonds. The van der Waals surface area contributed by atoms with Gasteiger partial charge in [0, 0.05) is 18.7 Å². The summed E-state index contributed by atoms with van der Waals surface area (Å²) in [5.41, 5.74) is 1.08. The summed E-state index contributed by atoms with van der Waals surface area (Å²) >= 11 is 0. The number of nitro groups is 1. The van der Waals surface area contributed by atoms with Gasteiger partial charge in [-0.15, -0.1) is 0 Å². The minimum Gasteiger partial charge on any atom is -0.479 e. The van der Waals surface area contributed by atoms with E-state index < -0.39 is 17.0 Å². The summed E-state index contributed by atoms with van der Waals surface area (Å²) < 4.78 is 10.7. The molecule has 0 bridgehead atoms. The maximum Gasteiger partial charge on any atom is 0.307 e. The highest BCUT2D eigenvalue weighted by atomic mass is 16.6. The molecule has 3 rings (SSSR count). The third-order valence-electron chi connectivity index (χ3n) is 4.13. The van der Waals surface area contributed by atoms with Gasteiger partial charge < -0.3 is 14.4 Å². The van der Waals surface area contributed by atoms with Crippen molar-refractivity contribution in [3.63, 3.8) is 0 Å². The summed E-state index contributed by atoms with van der Waals surface area (Å²) in [6.07, 6.45) is -0.623. The number of carbonyl (C=O) groups is 2. The molecular weight excluding hydrogens is 352 g/mol. The van der Waals surface area contributed by atoms with E-state index in [1.807, 2.05) is 6.07 Å². The van der Waals surface area contributed by atoms with E-state index in [4.69, 9.17) is 9.47 Å². The van der Waals surface area contributed by atoms with Crippen molar-refractivity contribution in [3.8, 4) is 5.75 Å². The van der Waals surface area contributed by atoms with Gasteiger partial charge in [0.25, 0.3) is 11.6 Å². The number of anilines is 1. The molecule has 1 aliphatic heterocycles. The molecule has 1 unspecified atom stereocenters. The number of hydrogen-bond donors (Lipinski definition) is 0. The van der Waals surface area contributed by atoms with Crippen LogP contribution in [-0.2, 0) is 20.9 Å². The van der Waals surface area contributed by atoms with Crippen molar-refractivity contribution < 1.29 is 24.0 Å². The quantitative estimate of drug-likeness (QED) is 0.440. The Bertz CT molecular complexity index is 882. The lowest BCUT2D eigenvalue weighted by molar-refractivity contribution is -0.384. The van der Waals surface area contributed by atoms with Crippen molar-refractivity contribution in [3.05, 3.63) is 64.2 Å². The van der Waals surface area contributed by atoms with Crippen LogP contribution in [0.1, 0.15) is 18.9 Å². The molecule has 1 atom stereocenters. The molecule has 2 aromatic carbocycles. The molecule has 0 N–H and O–H groups in total. The van der Waals surface area contributed by atoms with Crippen molar-refractivity contribution in [1.82, 2.24) is 0 Å². The first-order chi connectivity index (χ1) is 13.0. The van der Waals surface area contributed by atoms with E-state index in [0.29, 0.717) is 17.0 Å². The molecule has 0 fully saturated rings. The van der Waals surface area contributed by atoms with E-state index in [9.17, 15) is 19.7 Å². The number of hydrogen-bond acceptors (Lipinski definition) is 6. The van der Waals surface area contributed by atoms with Gasteiger partial charge in [-0.05, 0) is 24.6 Å².